The second-order valence-electron chi connectivity index (χ2n) is 4.87. The third kappa shape index (κ3) is 5.87. The maximum atomic E-state index is 13.1. The van der Waals surface area contributed by atoms with E-state index in [1.807, 2.05) is 0 Å². The molecule has 0 spiro atoms. The zero-order chi connectivity index (χ0) is 16.7. The van der Waals surface area contributed by atoms with E-state index in [-0.39, 0.29) is 11.7 Å². The topological polar surface area (TPSA) is 54.9 Å². The zero-order valence-electron chi connectivity index (χ0n) is 12.6. The Morgan fingerprint density at radius 1 is 1.26 bits per heavy atom. The van der Waals surface area contributed by atoms with Crippen molar-refractivity contribution >= 4 is 34.1 Å². The van der Waals surface area contributed by atoms with Gasteiger partial charge in [-0.15, -0.1) is 22.0 Å². The quantitative estimate of drug-likeness (QED) is 0.566. The zero-order valence-corrected chi connectivity index (χ0v) is 14.3. The monoisotopic (exact) mass is 357 g/mol. The van der Waals surface area contributed by atoms with Crippen LogP contribution in [0.3, 0.4) is 0 Å². The maximum Gasteiger partial charge on any atom is 0.236 e. The predicted molar refractivity (Wildman–Crippen MR) is 88.8 cm³/mol. The van der Waals surface area contributed by atoms with E-state index in [1.54, 1.807) is 0 Å². The molecule has 124 valence electrons. The van der Waals surface area contributed by atoms with Gasteiger partial charge < -0.3 is 0 Å². The van der Waals surface area contributed by atoms with Crippen LogP contribution in [0.5, 0.6) is 0 Å². The molecule has 1 heterocycles. The van der Waals surface area contributed by atoms with Crippen LogP contribution in [0, 0.1) is 11.6 Å². The van der Waals surface area contributed by atoms with Crippen LogP contribution >= 0.6 is 23.1 Å². The number of nitrogens with zero attached hydrogens (tertiary/aromatic N) is 2. The fraction of sp³-hybridized carbons (Fsp3) is 0.400. The van der Waals surface area contributed by atoms with Gasteiger partial charge in [-0.1, -0.05) is 31.1 Å². The first-order chi connectivity index (χ1) is 11.1. The molecular weight excluding hydrogens is 340 g/mol. The van der Waals surface area contributed by atoms with Gasteiger partial charge >= 0.3 is 0 Å². The number of rotatable bonds is 8. The van der Waals surface area contributed by atoms with Crippen molar-refractivity contribution in [2.24, 2.45) is 0 Å². The highest BCUT2D eigenvalue weighted by molar-refractivity contribution is 8.00. The molecule has 0 aliphatic rings. The summed E-state index contributed by atoms with van der Waals surface area (Å²) in [4.78, 5) is 12.3. The standard InChI is InChI=1S/C15H17F2N3OS2/c1-2-3-4-5-14-19-20-15(23-14)18-13(21)9-22-10-6-7-11(16)12(17)8-10/h6-8H,2-5,9H2,1H3,(H,18,20,21). The molecule has 1 aromatic heterocycles. The van der Waals surface area contributed by atoms with E-state index < -0.39 is 11.6 Å². The molecule has 4 nitrogen and oxygen atoms in total. The highest BCUT2D eigenvalue weighted by Gasteiger charge is 2.10. The Kier molecular flexibility index (Phi) is 6.91. The minimum atomic E-state index is -0.920. The van der Waals surface area contributed by atoms with E-state index in [1.165, 1.54) is 17.4 Å². The van der Waals surface area contributed by atoms with Crippen LogP contribution in [0.15, 0.2) is 23.1 Å². The lowest BCUT2D eigenvalue weighted by Crippen LogP contribution is -2.13. The van der Waals surface area contributed by atoms with Crippen molar-refractivity contribution in [2.75, 3.05) is 11.1 Å². The summed E-state index contributed by atoms with van der Waals surface area (Å²) >= 11 is 2.50. The number of benzene rings is 1. The molecule has 8 heteroatoms. The van der Waals surface area contributed by atoms with Crippen LogP contribution in [-0.2, 0) is 11.2 Å². The van der Waals surface area contributed by atoms with Crippen molar-refractivity contribution in [3.63, 3.8) is 0 Å². The van der Waals surface area contributed by atoms with Crippen LogP contribution in [0.1, 0.15) is 31.2 Å². The number of thioether (sulfide) groups is 1. The smallest absolute Gasteiger partial charge is 0.236 e. The highest BCUT2D eigenvalue weighted by atomic mass is 32.2. The molecule has 1 aromatic carbocycles. The molecule has 0 fully saturated rings. The fourth-order valence-electron chi connectivity index (χ4n) is 1.80. The van der Waals surface area contributed by atoms with E-state index in [0.717, 1.165) is 54.6 Å². The van der Waals surface area contributed by atoms with Gasteiger partial charge in [0, 0.05) is 11.3 Å². The number of unbranched alkanes of at least 4 members (excludes halogenated alkanes) is 2. The summed E-state index contributed by atoms with van der Waals surface area (Å²) in [5, 5.41) is 12.0. The molecule has 0 aliphatic heterocycles. The first kappa shape index (κ1) is 17.8. The number of halogens is 2. The number of carbonyl (C=O) groups is 1. The molecular formula is C15H17F2N3OS2. The summed E-state index contributed by atoms with van der Waals surface area (Å²) in [6.07, 6.45) is 4.21. The molecule has 0 radical (unpaired) electrons. The van der Waals surface area contributed by atoms with Crippen molar-refractivity contribution < 1.29 is 13.6 Å². The Labute approximate surface area is 141 Å². The fourth-order valence-corrected chi connectivity index (χ4v) is 3.32. The summed E-state index contributed by atoms with van der Waals surface area (Å²) in [5.41, 5.74) is 0. The largest absolute Gasteiger partial charge is 0.300 e. The SMILES string of the molecule is CCCCCc1nnc(NC(=O)CSc2ccc(F)c(F)c2)s1. The van der Waals surface area contributed by atoms with Crippen LogP contribution in [0.2, 0.25) is 0 Å². The molecule has 23 heavy (non-hydrogen) atoms. The molecule has 0 unspecified atom stereocenters. The van der Waals surface area contributed by atoms with Gasteiger partial charge in [0.15, 0.2) is 11.6 Å². The molecule has 2 rings (SSSR count). The number of aromatic nitrogens is 2. The molecule has 0 bridgehead atoms. The Bertz CT molecular complexity index is 664. The minimum Gasteiger partial charge on any atom is -0.300 e. The molecule has 1 N–H and O–H groups in total. The molecule has 0 saturated heterocycles. The highest BCUT2D eigenvalue weighted by Crippen LogP contribution is 2.22. The van der Waals surface area contributed by atoms with E-state index in [0.29, 0.717) is 10.0 Å². The lowest BCUT2D eigenvalue weighted by Gasteiger charge is -2.02. The Morgan fingerprint density at radius 2 is 2.09 bits per heavy atom. The van der Waals surface area contributed by atoms with E-state index in [2.05, 4.69) is 22.4 Å². The second kappa shape index (κ2) is 8.93. The first-order valence-corrected chi connectivity index (χ1v) is 9.08. The van der Waals surface area contributed by atoms with Crippen molar-refractivity contribution in [1.82, 2.24) is 10.2 Å². The molecule has 0 aliphatic carbocycles. The third-order valence-corrected chi connectivity index (χ3v) is 4.86. The van der Waals surface area contributed by atoms with Crippen LogP contribution < -0.4 is 5.32 Å². The molecule has 0 atom stereocenters. The van der Waals surface area contributed by atoms with Crippen molar-refractivity contribution in [3.05, 3.63) is 34.8 Å². The van der Waals surface area contributed by atoms with Gasteiger partial charge in [-0.3, -0.25) is 10.1 Å². The summed E-state index contributed by atoms with van der Waals surface area (Å²) < 4.78 is 25.9. The van der Waals surface area contributed by atoms with Crippen LogP contribution in [0.4, 0.5) is 13.9 Å². The number of amides is 1. The lowest BCUT2D eigenvalue weighted by atomic mass is 10.2. The number of hydrogen-bond acceptors (Lipinski definition) is 5. The number of anilines is 1. The van der Waals surface area contributed by atoms with E-state index in [4.69, 9.17) is 0 Å². The van der Waals surface area contributed by atoms with Crippen molar-refractivity contribution in [3.8, 4) is 0 Å². The van der Waals surface area contributed by atoms with Crippen LogP contribution in [0.25, 0.3) is 0 Å². The van der Waals surface area contributed by atoms with Gasteiger partial charge in [0.25, 0.3) is 0 Å². The second-order valence-corrected chi connectivity index (χ2v) is 6.98. The van der Waals surface area contributed by atoms with E-state index in [9.17, 15) is 13.6 Å². The van der Waals surface area contributed by atoms with E-state index >= 15 is 0 Å². The maximum absolute atomic E-state index is 13.1. The summed E-state index contributed by atoms with van der Waals surface area (Å²) in [5.74, 6) is -1.98. The third-order valence-electron chi connectivity index (χ3n) is 2.97. The minimum absolute atomic E-state index is 0.0931. The number of carbonyl (C=O) groups excluding carboxylic acids is 1. The van der Waals surface area contributed by atoms with Gasteiger partial charge in [-0.25, -0.2) is 8.78 Å². The van der Waals surface area contributed by atoms with Crippen LogP contribution in [-0.4, -0.2) is 21.9 Å². The van der Waals surface area contributed by atoms with Gasteiger partial charge in [-0.05, 0) is 24.6 Å². The van der Waals surface area contributed by atoms with Crippen molar-refractivity contribution in [2.45, 2.75) is 37.5 Å². The molecule has 1 amide bonds. The average Bonchev–Trinajstić information content (AvgIpc) is 2.96. The first-order valence-electron chi connectivity index (χ1n) is 7.28. The van der Waals surface area contributed by atoms with Gasteiger partial charge in [0.05, 0.1) is 5.75 Å². The van der Waals surface area contributed by atoms with Gasteiger partial charge in [0.1, 0.15) is 5.01 Å². The summed E-state index contributed by atoms with van der Waals surface area (Å²) in [7, 11) is 0. The Balaban J connectivity index is 1.79. The predicted octanol–water partition coefficient (Wildman–Crippen LogP) is 4.28. The number of hydrogen-bond donors (Lipinski definition) is 1. The molecule has 0 saturated carbocycles. The normalized spacial score (nSPS) is 10.7. The van der Waals surface area contributed by atoms with Gasteiger partial charge in [-0.2, -0.15) is 0 Å². The number of aryl methyl sites for hydroxylation is 1. The summed E-state index contributed by atoms with van der Waals surface area (Å²) in [6.45, 7) is 2.14. The Morgan fingerprint density at radius 3 is 2.83 bits per heavy atom. The average molecular weight is 357 g/mol. The molecule has 2 aromatic rings. The number of nitrogens with one attached hydrogen (secondary N) is 1. The van der Waals surface area contributed by atoms with Crippen molar-refractivity contribution in [1.29, 1.82) is 0 Å². The Hall–Kier alpha value is -1.54. The van der Waals surface area contributed by atoms with Gasteiger partial charge in [0.2, 0.25) is 11.0 Å². The lowest BCUT2D eigenvalue weighted by molar-refractivity contribution is -0.113. The summed E-state index contributed by atoms with van der Waals surface area (Å²) in [6, 6.07) is 3.56.